The number of hydrogen-bond donors (Lipinski definition) is 0. The van der Waals surface area contributed by atoms with Crippen molar-refractivity contribution in [3.8, 4) is 5.75 Å². The Bertz CT molecular complexity index is 255. The molecule has 0 saturated carbocycles. The normalized spacial score (nSPS) is 22.1. The van der Waals surface area contributed by atoms with Gasteiger partial charge in [-0.25, -0.2) is 0 Å². The topological polar surface area (TPSA) is 9.23 Å². The molecule has 11 heavy (non-hydrogen) atoms. The molecule has 1 aliphatic heterocycles. The highest BCUT2D eigenvalue weighted by molar-refractivity contribution is 5.34. The molecular formula is C10H11O. The average Bonchev–Trinajstić information content (AvgIpc) is 2.04. The monoisotopic (exact) mass is 147 g/mol. The number of benzene rings is 1. The summed E-state index contributed by atoms with van der Waals surface area (Å²) in [5.41, 5.74) is 1.30. The largest absolute Gasteiger partial charge is 0.490 e. The lowest BCUT2D eigenvalue weighted by atomic mass is 10.0. The standard InChI is InChI=1S/C10H11O/c1-8-6-7-9-4-2-3-5-10(9)11-8/h3-5,8H,6-7H2,1H3. The van der Waals surface area contributed by atoms with E-state index < -0.39 is 0 Å². The summed E-state index contributed by atoms with van der Waals surface area (Å²) in [5, 5.41) is 0. The summed E-state index contributed by atoms with van der Waals surface area (Å²) in [5.74, 6) is 1.04. The zero-order valence-corrected chi connectivity index (χ0v) is 6.63. The molecule has 1 aromatic carbocycles. The van der Waals surface area contributed by atoms with Crippen LogP contribution in [0.15, 0.2) is 18.2 Å². The van der Waals surface area contributed by atoms with Gasteiger partial charge in [-0.2, -0.15) is 0 Å². The molecule has 1 nitrogen and oxygen atoms in total. The maximum Gasteiger partial charge on any atom is 0.122 e. The van der Waals surface area contributed by atoms with Gasteiger partial charge in [0, 0.05) is 0 Å². The van der Waals surface area contributed by atoms with Crippen LogP contribution in [0.1, 0.15) is 18.9 Å². The third-order valence-corrected chi connectivity index (χ3v) is 2.05. The van der Waals surface area contributed by atoms with Crippen LogP contribution in [-0.2, 0) is 6.42 Å². The highest BCUT2D eigenvalue weighted by atomic mass is 16.5. The van der Waals surface area contributed by atoms with Crippen LogP contribution in [0.4, 0.5) is 0 Å². The van der Waals surface area contributed by atoms with Crippen LogP contribution in [0, 0.1) is 6.07 Å². The number of aryl methyl sites for hydroxylation is 1. The number of ether oxygens (including phenoxy) is 1. The van der Waals surface area contributed by atoms with E-state index in [0.717, 1.165) is 18.6 Å². The van der Waals surface area contributed by atoms with Crippen molar-refractivity contribution in [2.24, 2.45) is 0 Å². The summed E-state index contributed by atoms with van der Waals surface area (Å²) < 4.78 is 5.61. The van der Waals surface area contributed by atoms with Crippen molar-refractivity contribution in [2.75, 3.05) is 0 Å². The maximum atomic E-state index is 5.61. The molecule has 1 aromatic rings. The van der Waals surface area contributed by atoms with Crippen molar-refractivity contribution in [1.29, 1.82) is 0 Å². The van der Waals surface area contributed by atoms with E-state index in [-0.39, 0.29) is 0 Å². The Morgan fingerprint density at radius 1 is 1.64 bits per heavy atom. The fourth-order valence-electron chi connectivity index (χ4n) is 1.40. The molecule has 2 rings (SSSR count). The highest BCUT2D eigenvalue weighted by Gasteiger charge is 2.14. The first-order valence-corrected chi connectivity index (χ1v) is 4.02. The average molecular weight is 147 g/mol. The van der Waals surface area contributed by atoms with E-state index in [9.17, 15) is 0 Å². The third kappa shape index (κ3) is 1.23. The van der Waals surface area contributed by atoms with E-state index in [0.29, 0.717) is 6.10 Å². The quantitative estimate of drug-likeness (QED) is 0.546. The molecule has 57 valence electrons. The van der Waals surface area contributed by atoms with Gasteiger partial charge in [-0.3, -0.25) is 0 Å². The Morgan fingerprint density at radius 3 is 3.45 bits per heavy atom. The third-order valence-electron chi connectivity index (χ3n) is 2.05. The van der Waals surface area contributed by atoms with Gasteiger partial charge in [0.15, 0.2) is 0 Å². The van der Waals surface area contributed by atoms with E-state index in [2.05, 4.69) is 13.0 Å². The van der Waals surface area contributed by atoms with E-state index >= 15 is 0 Å². The fraction of sp³-hybridized carbons (Fsp3) is 0.400. The molecule has 0 aromatic heterocycles. The lowest BCUT2D eigenvalue weighted by Crippen LogP contribution is -2.18. The van der Waals surface area contributed by atoms with Gasteiger partial charge in [-0.15, -0.1) is 0 Å². The zero-order chi connectivity index (χ0) is 7.68. The molecule has 1 radical (unpaired) electrons. The minimum absolute atomic E-state index is 0.380. The van der Waals surface area contributed by atoms with E-state index in [1.54, 1.807) is 0 Å². The summed E-state index contributed by atoms with van der Waals surface area (Å²) in [6, 6.07) is 8.96. The van der Waals surface area contributed by atoms with Crippen molar-refractivity contribution in [2.45, 2.75) is 25.9 Å². The predicted molar refractivity (Wildman–Crippen MR) is 43.7 cm³/mol. The molecule has 1 atom stereocenters. The Morgan fingerprint density at radius 2 is 2.55 bits per heavy atom. The molecule has 0 spiro atoms. The molecule has 1 aliphatic rings. The van der Waals surface area contributed by atoms with Gasteiger partial charge in [-0.05, 0) is 43.5 Å². The zero-order valence-electron chi connectivity index (χ0n) is 6.63. The molecule has 0 fully saturated rings. The second-order valence-electron chi connectivity index (χ2n) is 3.00. The summed E-state index contributed by atoms with van der Waals surface area (Å²) in [7, 11) is 0. The number of rotatable bonds is 0. The number of fused-ring (bicyclic) bond motifs is 1. The molecule has 1 heterocycles. The van der Waals surface area contributed by atoms with Gasteiger partial charge < -0.3 is 4.74 Å². The first-order valence-electron chi connectivity index (χ1n) is 4.02. The lowest BCUT2D eigenvalue weighted by Gasteiger charge is -2.22. The van der Waals surface area contributed by atoms with Crippen LogP contribution in [0.5, 0.6) is 5.75 Å². The summed E-state index contributed by atoms with van der Waals surface area (Å²) >= 11 is 0. The first kappa shape index (κ1) is 6.71. The van der Waals surface area contributed by atoms with Crippen molar-refractivity contribution in [3.63, 3.8) is 0 Å². The van der Waals surface area contributed by atoms with Crippen LogP contribution in [0.2, 0.25) is 0 Å². The molecule has 0 aliphatic carbocycles. The van der Waals surface area contributed by atoms with Crippen LogP contribution in [0.3, 0.4) is 0 Å². The van der Waals surface area contributed by atoms with Gasteiger partial charge in [0.25, 0.3) is 0 Å². The van der Waals surface area contributed by atoms with Crippen LogP contribution in [0.25, 0.3) is 0 Å². The predicted octanol–water partition coefficient (Wildman–Crippen LogP) is 2.20. The fourth-order valence-corrected chi connectivity index (χ4v) is 1.40. The van der Waals surface area contributed by atoms with E-state index in [1.807, 2.05) is 18.2 Å². The van der Waals surface area contributed by atoms with E-state index in [1.165, 1.54) is 5.56 Å². The molecule has 1 heteroatoms. The van der Waals surface area contributed by atoms with Gasteiger partial charge in [0.2, 0.25) is 0 Å². The number of hydrogen-bond acceptors (Lipinski definition) is 1. The van der Waals surface area contributed by atoms with Crippen LogP contribution >= 0.6 is 0 Å². The Kier molecular flexibility index (Phi) is 1.57. The van der Waals surface area contributed by atoms with Crippen LogP contribution < -0.4 is 4.74 Å². The highest BCUT2D eigenvalue weighted by Crippen LogP contribution is 2.26. The van der Waals surface area contributed by atoms with Gasteiger partial charge >= 0.3 is 0 Å². The Balaban J connectivity index is 2.34. The smallest absolute Gasteiger partial charge is 0.122 e. The lowest BCUT2D eigenvalue weighted by molar-refractivity contribution is 0.192. The maximum absolute atomic E-state index is 5.61. The summed E-state index contributed by atoms with van der Waals surface area (Å²) in [6.45, 7) is 2.11. The molecule has 1 unspecified atom stereocenters. The van der Waals surface area contributed by atoms with E-state index in [4.69, 9.17) is 4.74 Å². The van der Waals surface area contributed by atoms with Crippen molar-refractivity contribution >= 4 is 0 Å². The molecule has 0 amide bonds. The minimum atomic E-state index is 0.380. The Hall–Kier alpha value is -0.980. The second kappa shape index (κ2) is 2.57. The molecule has 0 bridgehead atoms. The molecular weight excluding hydrogens is 136 g/mol. The second-order valence-corrected chi connectivity index (χ2v) is 3.00. The summed E-state index contributed by atoms with van der Waals surface area (Å²) in [4.78, 5) is 0. The van der Waals surface area contributed by atoms with Crippen molar-refractivity contribution in [3.05, 3.63) is 29.8 Å². The van der Waals surface area contributed by atoms with Gasteiger partial charge in [0.05, 0.1) is 6.10 Å². The van der Waals surface area contributed by atoms with Gasteiger partial charge in [0.1, 0.15) is 5.75 Å². The molecule has 0 saturated heterocycles. The van der Waals surface area contributed by atoms with Crippen molar-refractivity contribution in [1.82, 2.24) is 0 Å². The SMILES string of the molecule is CC1CCc2c[c]ccc2O1. The van der Waals surface area contributed by atoms with Crippen LogP contribution in [-0.4, -0.2) is 6.10 Å². The first-order chi connectivity index (χ1) is 5.36. The Labute approximate surface area is 67.0 Å². The summed E-state index contributed by atoms with van der Waals surface area (Å²) in [6.07, 6.45) is 2.64. The van der Waals surface area contributed by atoms with Crippen molar-refractivity contribution < 1.29 is 4.74 Å². The molecule has 0 N–H and O–H groups in total. The minimum Gasteiger partial charge on any atom is -0.490 e. The van der Waals surface area contributed by atoms with Gasteiger partial charge in [-0.1, -0.05) is 6.07 Å².